The third-order valence-electron chi connectivity index (χ3n) is 4.11. The van der Waals surface area contributed by atoms with E-state index in [1.54, 1.807) is 0 Å². The first-order valence-electron chi connectivity index (χ1n) is 7.08. The zero-order chi connectivity index (χ0) is 12.8. The second-order valence-corrected chi connectivity index (χ2v) is 6.32. The normalized spacial score (nSPS) is 18.1. The summed E-state index contributed by atoms with van der Waals surface area (Å²) in [6, 6.07) is 8.19. The fraction of sp³-hybridized carbons (Fsp3) is 0.625. The molecule has 2 heteroatoms. The maximum atomic E-state index is 6.11. The Morgan fingerprint density at radius 1 is 1.11 bits per heavy atom. The monoisotopic (exact) mass is 284 g/mol. The maximum absolute atomic E-state index is 6.11. The molecular formula is C16H22Cl2. The largest absolute Gasteiger partial charge is 0.126 e. The third-order valence-corrected chi connectivity index (χ3v) is 4.80. The van der Waals surface area contributed by atoms with Crippen LogP contribution in [0.2, 0.25) is 5.02 Å². The topological polar surface area (TPSA) is 0 Å². The molecule has 0 spiro atoms. The fourth-order valence-corrected chi connectivity index (χ4v) is 3.35. The molecule has 0 aliphatic heterocycles. The average molecular weight is 285 g/mol. The molecule has 100 valence electrons. The number of hydrogen-bond donors (Lipinski definition) is 0. The molecule has 1 unspecified atom stereocenters. The second-order valence-electron chi connectivity index (χ2n) is 5.58. The number of hydrogen-bond acceptors (Lipinski definition) is 0. The molecule has 0 bridgehead atoms. The van der Waals surface area contributed by atoms with Crippen LogP contribution in [0.1, 0.15) is 44.1 Å². The van der Waals surface area contributed by atoms with Crippen molar-refractivity contribution in [2.75, 3.05) is 5.88 Å². The fourth-order valence-electron chi connectivity index (χ4n) is 2.96. The molecule has 1 fully saturated rings. The van der Waals surface area contributed by atoms with E-state index in [-0.39, 0.29) is 0 Å². The van der Waals surface area contributed by atoms with E-state index in [1.807, 2.05) is 12.1 Å². The number of halogens is 2. The van der Waals surface area contributed by atoms with Gasteiger partial charge in [-0.2, -0.15) is 0 Å². The van der Waals surface area contributed by atoms with Gasteiger partial charge in [-0.3, -0.25) is 0 Å². The summed E-state index contributed by atoms with van der Waals surface area (Å²) < 4.78 is 0. The molecule has 0 radical (unpaired) electrons. The van der Waals surface area contributed by atoms with Gasteiger partial charge in [-0.05, 0) is 42.4 Å². The van der Waals surface area contributed by atoms with Crippen LogP contribution in [0.3, 0.4) is 0 Å². The maximum Gasteiger partial charge on any atom is 0.0406 e. The molecule has 1 aromatic carbocycles. The van der Waals surface area contributed by atoms with Gasteiger partial charge in [-0.1, -0.05) is 55.8 Å². The van der Waals surface area contributed by atoms with E-state index in [1.165, 1.54) is 44.1 Å². The number of rotatable bonds is 6. The highest BCUT2D eigenvalue weighted by molar-refractivity contribution is 6.30. The van der Waals surface area contributed by atoms with Gasteiger partial charge in [-0.15, -0.1) is 11.6 Å². The van der Waals surface area contributed by atoms with Gasteiger partial charge < -0.3 is 0 Å². The van der Waals surface area contributed by atoms with Gasteiger partial charge in [0.2, 0.25) is 0 Å². The van der Waals surface area contributed by atoms with Crippen molar-refractivity contribution in [1.29, 1.82) is 0 Å². The summed E-state index contributed by atoms with van der Waals surface area (Å²) in [5.41, 5.74) is 1.36. The van der Waals surface area contributed by atoms with Crippen LogP contribution in [0.25, 0.3) is 0 Å². The van der Waals surface area contributed by atoms with Crippen molar-refractivity contribution < 1.29 is 0 Å². The first kappa shape index (κ1) is 14.2. The van der Waals surface area contributed by atoms with Gasteiger partial charge >= 0.3 is 0 Å². The predicted molar refractivity (Wildman–Crippen MR) is 80.6 cm³/mol. The zero-order valence-corrected chi connectivity index (χ0v) is 12.4. The van der Waals surface area contributed by atoms with Gasteiger partial charge in [-0.25, -0.2) is 0 Å². The summed E-state index contributed by atoms with van der Waals surface area (Å²) in [6.45, 7) is 0. The van der Waals surface area contributed by atoms with Crippen LogP contribution in [0.5, 0.6) is 0 Å². The molecule has 0 amide bonds. The van der Waals surface area contributed by atoms with E-state index >= 15 is 0 Å². The van der Waals surface area contributed by atoms with Crippen molar-refractivity contribution in [3.05, 3.63) is 34.9 Å². The lowest BCUT2D eigenvalue weighted by Gasteiger charge is -2.16. The Morgan fingerprint density at radius 2 is 1.78 bits per heavy atom. The van der Waals surface area contributed by atoms with Crippen molar-refractivity contribution in [2.45, 2.75) is 44.9 Å². The van der Waals surface area contributed by atoms with E-state index in [0.29, 0.717) is 5.92 Å². The standard InChI is InChI=1S/C16H22Cl2/c17-12-15(6-5-13-3-1-2-4-13)11-14-7-9-16(18)10-8-14/h7-10,13,15H,1-6,11-12H2. The molecule has 1 atom stereocenters. The van der Waals surface area contributed by atoms with Gasteiger partial charge in [0.05, 0.1) is 0 Å². The van der Waals surface area contributed by atoms with E-state index < -0.39 is 0 Å². The molecule has 1 aromatic rings. The quantitative estimate of drug-likeness (QED) is 0.587. The molecule has 0 saturated heterocycles. The van der Waals surface area contributed by atoms with Crippen molar-refractivity contribution in [3.8, 4) is 0 Å². The highest BCUT2D eigenvalue weighted by Crippen LogP contribution is 2.30. The van der Waals surface area contributed by atoms with Crippen molar-refractivity contribution >= 4 is 23.2 Å². The lowest BCUT2D eigenvalue weighted by molar-refractivity contribution is 0.417. The van der Waals surface area contributed by atoms with Crippen LogP contribution in [0.4, 0.5) is 0 Å². The lowest BCUT2D eigenvalue weighted by Crippen LogP contribution is -2.08. The Kier molecular flexibility index (Phi) is 5.85. The van der Waals surface area contributed by atoms with E-state index in [4.69, 9.17) is 23.2 Å². The Morgan fingerprint density at radius 3 is 2.39 bits per heavy atom. The minimum Gasteiger partial charge on any atom is -0.126 e. The van der Waals surface area contributed by atoms with Crippen LogP contribution >= 0.6 is 23.2 Å². The smallest absolute Gasteiger partial charge is 0.0406 e. The van der Waals surface area contributed by atoms with Crippen LogP contribution in [-0.2, 0) is 6.42 Å². The Labute approximate surface area is 121 Å². The van der Waals surface area contributed by atoms with Gasteiger partial charge in [0, 0.05) is 10.9 Å². The van der Waals surface area contributed by atoms with Crippen LogP contribution in [0, 0.1) is 11.8 Å². The highest BCUT2D eigenvalue weighted by atomic mass is 35.5. The first-order valence-corrected chi connectivity index (χ1v) is 7.99. The third kappa shape index (κ3) is 4.48. The predicted octanol–water partition coefficient (Wildman–Crippen LogP) is 5.71. The molecule has 1 saturated carbocycles. The molecule has 18 heavy (non-hydrogen) atoms. The van der Waals surface area contributed by atoms with E-state index in [2.05, 4.69) is 12.1 Å². The van der Waals surface area contributed by atoms with Gasteiger partial charge in [0.1, 0.15) is 0 Å². The summed E-state index contributed by atoms with van der Waals surface area (Å²) in [5.74, 6) is 2.37. The van der Waals surface area contributed by atoms with Gasteiger partial charge in [0.15, 0.2) is 0 Å². The Bertz CT molecular complexity index is 339. The molecular weight excluding hydrogens is 263 g/mol. The first-order chi connectivity index (χ1) is 8.78. The van der Waals surface area contributed by atoms with E-state index in [9.17, 15) is 0 Å². The van der Waals surface area contributed by atoms with Crippen LogP contribution in [0.15, 0.2) is 24.3 Å². The summed E-state index contributed by atoms with van der Waals surface area (Å²) in [6.07, 6.45) is 9.49. The van der Waals surface area contributed by atoms with Crippen molar-refractivity contribution in [1.82, 2.24) is 0 Å². The van der Waals surface area contributed by atoms with Crippen LogP contribution < -0.4 is 0 Å². The summed E-state index contributed by atoms with van der Waals surface area (Å²) in [7, 11) is 0. The number of benzene rings is 1. The molecule has 0 aromatic heterocycles. The van der Waals surface area contributed by atoms with Gasteiger partial charge in [0.25, 0.3) is 0 Å². The van der Waals surface area contributed by atoms with Crippen molar-refractivity contribution in [3.63, 3.8) is 0 Å². The molecule has 0 N–H and O–H groups in total. The minimum atomic E-state index is 0.619. The molecule has 0 heterocycles. The summed E-state index contributed by atoms with van der Waals surface area (Å²) in [4.78, 5) is 0. The molecule has 1 aliphatic carbocycles. The minimum absolute atomic E-state index is 0.619. The number of alkyl halides is 1. The SMILES string of the molecule is ClCC(CCC1CCCC1)Cc1ccc(Cl)cc1. The zero-order valence-electron chi connectivity index (χ0n) is 10.9. The molecule has 1 aliphatic rings. The van der Waals surface area contributed by atoms with Crippen molar-refractivity contribution in [2.24, 2.45) is 11.8 Å². The summed E-state index contributed by atoms with van der Waals surface area (Å²) in [5, 5.41) is 0.812. The lowest BCUT2D eigenvalue weighted by atomic mass is 9.91. The summed E-state index contributed by atoms with van der Waals surface area (Å²) >= 11 is 12.0. The molecule has 0 nitrogen and oxygen atoms in total. The second kappa shape index (κ2) is 7.40. The Balaban J connectivity index is 1.79. The molecule has 2 rings (SSSR count). The van der Waals surface area contributed by atoms with E-state index in [0.717, 1.165) is 23.2 Å². The average Bonchev–Trinajstić information content (AvgIpc) is 2.90. The Hall–Kier alpha value is -0.200. The van der Waals surface area contributed by atoms with Crippen LogP contribution in [-0.4, -0.2) is 5.88 Å². The highest BCUT2D eigenvalue weighted by Gasteiger charge is 2.17.